The minimum atomic E-state index is -1.00. The molecule has 1 aliphatic carbocycles. The smallest absolute Gasteiger partial charge is 0.166 e. The molecule has 8 heteroatoms. The lowest BCUT2D eigenvalue weighted by Gasteiger charge is -2.15. The zero-order valence-corrected chi connectivity index (χ0v) is 26.8. The van der Waals surface area contributed by atoms with Gasteiger partial charge >= 0.3 is 0 Å². The van der Waals surface area contributed by atoms with Crippen LogP contribution in [0.1, 0.15) is 42.4 Å². The molecule has 3 aromatic carbocycles. The molecule has 0 aliphatic heterocycles. The van der Waals surface area contributed by atoms with Crippen LogP contribution in [0.5, 0.6) is 17.2 Å². The van der Waals surface area contributed by atoms with Crippen LogP contribution in [0.15, 0.2) is 85.1 Å². The Kier molecular flexibility index (Phi) is 9.56. The molecule has 5 aromatic rings. The Balaban J connectivity index is 1.12. The molecule has 0 radical (unpaired) electrons. The van der Waals surface area contributed by atoms with E-state index in [4.69, 9.17) is 14.2 Å². The number of methoxy groups -OCH3 is 2. The van der Waals surface area contributed by atoms with Crippen LogP contribution in [0, 0.1) is 11.2 Å². The number of nitrogens with zero attached hydrogens (tertiary/aromatic N) is 1. The first-order valence-electron chi connectivity index (χ1n) is 15.5. The molecule has 236 valence electrons. The van der Waals surface area contributed by atoms with Gasteiger partial charge in [0, 0.05) is 49.3 Å². The summed E-state index contributed by atoms with van der Waals surface area (Å²) < 4.78 is 32.7. The molecule has 0 unspecified atom stereocenters. The Bertz CT molecular complexity index is 1860. The predicted octanol–water partition coefficient (Wildman–Crippen LogP) is 8.58. The average molecular weight is 638 g/mol. The average Bonchev–Trinajstić information content (AvgIpc) is 3.77. The number of fused-ring (bicyclic) bond motifs is 1. The first kappa shape index (κ1) is 31.6. The molecule has 1 aliphatic rings. The van der Waals surface area contributed by atoms with E-state index >= 15 is 4.39 Å². The highest BCUT2D eigenvalue weighted by molar-refractivity contribution is 7.22. The maximum Gasteiger partial charge on any atom is 0.166 e. The van der Waals surface area contributed by atoms with Crippen LogP contribution < -0.4 is 9.47 Å². The summed E-state index contributed by atoms with van der Waals surface area (Å²) in [6.07, 6.45) is 5.93. The summed E-state index contributed by atoms with van der Waals surface area (Å²) in [5.74, 6) is 0.330. The Morgan fingerprint density at radius 1 is 0.848 bits per heavy atom. The second kappa shape index (κ2) is 13.9. The summed E-state index contributed by atoms with van der Waals surface area (Å²) in [6.45, 7) is 0.778. The van der Waals surface area contributed by atoms with Crippen LogP contribution in [-0.2, 0) is 33.6 Å². The van der Waals surface area contributed by atoms with Crippen LogP contribution in [0.3, 0.4) is 0 Å². The van der Waals surface area contributed by atoms with E-state index in [2.05, 4.69) is 29.2 Å². The largest absolute Gasteiger partial charge is 0.496 e. The van der Waals surface area contributed by atoms with E-state index in [1.54, 1.807) is 56.0 Å². The van der Waals surface area contributed by atoms with Gasteiger partial charge in [0.15, 0.2) is 23.1 Å². The lowest BCUT2D eigenvalue weighted by Crippen LogP contribution is -2.29. The zero-order chi connectivity index (χ0) is 32.1. The summed E-state index contributed by atoms with van der Waals surface area (Å²) >= 11 is 1.55. The van der Waals surface area contributed by atoms with Gasteiger partial charge in [0.05, 0.1) is 22.7 Å². The molecule has 2 aromatic heterocycles. The van der Waals surface area contributed by atoms with Crippen LogP contribution in [-0.4, -0.2) is 37.4 Å². The van der Waals surface area contributed by atoms with Crippen molar-refractivity contribution in [1.82, 2.24) is 4.98 Å². The number of Topliss-reactive ketones (excluding diaryl/α,β-unsaturated/α-hetero) is 2. The number of rotatable bonds is 15. The van der Waals surface area contributed by atoms with E-state index in [0.717, 1.165) is 52.1 Å². The van der Waals surface area contributed by atoms with Crippen molar-refractivity contribution in [2.24, 2.45) is 5.41 Å². The van der Waals surface area contributed by atoms with Gasteiger partial charge in [-0.25, -0.2) is 4.39 Å². The zero-order valence-electron chi connectivity index (χ0n) is 26.0. The van der Waals surface area contributed by atoms with Crippen molar-refractivity contribution >= 4 is 33.1 Å². The van der Waals surface area contributed by atoms with Crippen molar-refractivity contribution in [1.29, 1.82) is 0 Å². The molecule has 46 heavy (non-hydrogen) atoms. The molecule has 1 saturated carbocycles. The van der Waals surface area contributed by atoms with Gasteiger partial charge in [-0.15, -0.1) is 11.3 Å². The van der Waals surface area contributed by atoms with Crippen molar-refractivity contribution in [3.05, 3.63) is 108 Å². The molecule has 6 nitrogen and oxygen atoms in total. The number of halogens is 1. The number of carbonyl (C=O) groups excluding carboxylic acids is 2. The van der Waals surface area contributed by atoms with Crippen LogP contribution >= 0.6 is 11.3 Å². The van der Waals surface area contributed by atoms with E-state index in [1.165, 1.54) is 11.6 Å². The summed E-state index contributed by atoms with van der Waals surface area (Å²) in [5, 5.41) is 0. The second-order valence-corrected chi connectivity index (χ2v) is 12.8. The number of hydrogen-bond acceptors (Lipinski definition) is 7. The summed E-state index contributed by atoms with van der Waals surface area (Å²) in [7, 11) is 3.29. The molecule has 0 bridgehead atoms. The molecule has 6 rings (SSSR count). The summed E-state index contributed by atoms with van der Waals surface area (Å²) in [4.78, 5) is 32.1. The molecular weight excluding hydrogens is 601 g/mol. The standard InChI is InChI=1S/C38H36FNO5S/c1-43-20-6-5-7-25-10-13-27(14-11-25)34-24-30-37(46-34)33(16-19-40-30)45-32-15-12-26(21-29(32)39)22-35(41)38(17-18-38)36(42)23-28-8-3-4-9-31(28)44-2/h3-4,8-16,19,21,24H,5-7,17-18,20,22-23H2,1-2H3. The third kappa shape index (κ3) is 6.88. The van der Waals surface area contributed by atoms with Gasteiger partial charge in [-0.2, -0.15) is 0 Å². The van der Waals surface area contributed by atoms with Gasteiger partial charge in [-0.1, -0.05) is 48.5 Å². The number of hydrogen-bond donors (Lipinski definition) is 0. The number of ether oxygens (including phenoxy) is 3. The van der Waals surface area contributed by atoms with E-state index in [1.807, 2.05) is 24.3 Å². The minimum Gasteiger partial charge on any atom is -0.496 e. The highest BCUT2D eigenvalue weighted by Gasteiger charge is 2.54. The number of ketones is 2. The fourth-order valence-electron chi connectivity index (χ4n) is 5.79. The monoisotopic (exact) mass is 637 g/mol. The molecule has 0 spiro atoms. The fraction of sp³-hybridized carbons (Fsp3) is 0.289. The Morgan fingerprint density at radius 2 is 1.61 bits per heavy atom. The molecule has 0 N–H and O–H groups in total. The fourth-order valence-corrected chi connectivity index (χ4v) is 6.86. The van der Waals surface area contributed by atoms with E-state index in [0.29, 0.717) is 29.9 Å². The van der Waals surface area contributed by atoms with Crippen molar-refractivity contribution < 1.29 is 28.2 Å². The highest BCUT2D eigenvalue weighted by Crippen LogP contribution is 2.49. The molecular formula is C38H36FNO5S. The second-order valence-electron chi connectivity index (χ2n) is 11.7. The van der Waals surface area contributed by atoms with Crippen LogP contribution in [0.4, 0.5) is 4.39 Å². The number of para-hydroxylation sites is 1. The van der Waals surface area contributed by atoms with E-state index in [9.17, 15) is 9.59 Å². The summed E-state index contributed by atoms with van der Waals surface area (Å²) in [6, 6.07) is 24.2. The van der Waals surface area contributed by atoms with Gasteiger partial charge in [0.25, 0.3) is 0 Å². The number of carbonyl (C=O) groups is 2. The Morgan fingerprint density at radius 3 is 2.35 bits per heavy atom. The lowest BCUT2D eigenvalue weighted by molar-refractivity contribution is -0.133. The van der Waals surface area contributed by atoms with Gasteiger partial charge in [-0.3, -0.25) is 14.6 Å². The van der Waals surface area contributed by atoms with E-state index in [-0.39, 0.29) is 30.2 Å². The Hall–Kier alpha value is -4.40. The predicted molar refractivity (Wildman–Crippen MR) is 178 cm³/mol. The molecule has 2 heterocycles. The van der Waals surface area contributed by atoms with Gasteiger partial charge in [0.1, 0.15) is 11.5 Å². The van der Waals surface area contributed by atoms with Gasteiger partial charge in [-0.05, 0) is 73.1 Å². The number of aromatic nitrogens is 1. The van der Waals surface area contributed by atoms with Crippen molar-refractivity contribution in [3.63, 3.8) is 0 Å². The first-order valence-corrected chi connectivity index (χ1v) is 16.3. The third-order valence-electron chi connectivity index (χ3n) is 8.62. The number of unbranched alkanes of at least 4 members (excludes halogenated alkanes) is 1. The van der Waals surface area contributed by atoms with Crippen LogP contribution in [0.2, 0.25) is 0 Å². The molecule has 0 amide bonds. The lowest BCUT2D eigenvalue weighted by atomic mass is 9.87. The SMILES string of the molecule is COCCCCc1ccc(-c2cc3nccc(Oc4ccc(CC(=O)C5(C(=O)Cc6ccccc6OC)CC5)cc4F)c3s2)cc1. The molecule has 1 fully saturated rings. The minimum absolute atomic E-state index is 0.0192. The Labute approximate surface area is 272 Å². The maximum atomic E-state index is 15.3. The van der Waals surface area contributed by atoms with E-state index < -0.39 is 11.2 Å². The highest BCUT2D eigenvalue weighted by atomic mass is 32.1. The summed E-state index contributed by atoms with van der Waals surface area (Å²) in [5.41, 5.74) is 3.41. The van der Waals surface area contributed by atoms with Gasteiger partial charge < -0.3 is 14.2 Å². The number of aryl methyl sites for hydroxylation is 1. The molecule has 0 atom stereocenters. The van der Waals surface area contributed by atoms with Crippen molar-refractivity contribution in [2.75, 3.05) is 20.8 Å². The normalized spacial score (nSPS) is 13.5. The third-order valence-corrected chi connectivity index (χ3v) is 9.81. The number of benzene rings is 3. The molecule has 0 saturated heterocycles. The quantitative estimate of drug-likeness (QED) is 0.0846. The first-order chi connectivity index (χ1) is 22.4. The van der Waals surface area contributed by atoms with Crippen LogP contribution in [0.25, 0.3) is 20.7 Å². The van der Waals surface area contributed by atoms with Crippen molar-refractivity contribution in [2.45, 2.75) is 44.9 Å². The topological polar surface area (TPSA) is 74.7 Å². The van der Waals surface area contributed by atoms with Crippen molar-refractivity contribution in [3.8, 4) is 27.7 Å². The maximum absolute atomic E-state index is 15.3. The number of thiophene rings is 1. The number of pyridine rings is 1. The van der Waals surface area contributed by atoms with Gasteiger partial charge in [0.2, 0.25) is 0 Å².